The van der Waals surface area contributed by atoms with E-state index in [1.54, 1.807) is 19.1 Å². The smallest absolute Gasteiger partial charge is 0.263 e. The maximum Gasteiger partial charge on any atom is 0.263 e. The fraction of sp³-hybridized carbons (Fsp3) is 0.381. The summed E-state index contributed by atoms with van der Waals surface area (Å²) in [6, 6.07) is 13.6. The molecular formula is C21H27NO3. The summed E-state index contributed by atoms with van der Waals surface area (Å²) >= 11 is 0. The van der Waals surface area contributed by atoms with Gasteiger partial charge in [0.1, 0.15) is 11.5 Å². The first kappa shape index (κ1) is 18.8. The lowest BCUT2D eigenvalue weighted by Crippen LogP contribution is -2.39. The molecule has 2 aromatic carbocycles. The van der Waals surface area contributed by atoms with E-state index in [1.165, 1.54) is 5.56 Å². The van der Waals surface area contributed by atoms with Gasteiger partial charge in [-0.2, -0.15) is 0 Å². The van der Waals surface area contributed by atoms with Crippen LogP contribution >= 0.6 is 0 Å². The molecule has 0 fully saturated rings. The summed E-state index contributed by atoms with van der Waals surface area (Å²) in [5.74, 6) is 1.53. The van der Waals surface area contributed by atoms with Gasteiger partial charge in [-0.3, -0.25) is 4.79 Å². The van der Waals surface area contributed by atoms with Crippen molar-refractivity contribution in [2.75, 3.05) is 14.2 Å². The van der Waals surface area contributed by atoms with Crippen molar-refractivity contribution in [1.82, 2.24) is 4.90 Å². The molecule has 0 aliphatic heterocycles. The van der Waals surface area contributed by atoms with Crippen LogP contribution in [0.4, 0.5) is 0 Å². The Bertz CT molecular complexity index is 710. The molecule has 0 aliphatic carbocycles. The summed E-state index contributed by atoms with van der Waals surface area (Å²) in [5, 5.41) is 0. The maximum absolute atomic E-state index is 12.7. The molecule has 1 amide bonds. The van der Waals surface area contributed by atoms with Crippen LogP contribution in [0.5, 0.6) is 11.5 Å². The van der Waals surface area contributed by atoms with Gasteiger partial charge in [-0.1, -0.05) is 25.1 Å². The molecule has 0 bridgehead atoms. The molecule has 0 saturated heterocycles. The lowest BCUT2D eigenvalue weighted by molar-refractivity contribution is -0.138. The summed E-state index contributed by atoms with van der Waals surface area (Å²) < 4.78 is 11.1. The Hall–Kier alpha value is -2.49. The third-order valence-electron chi connectivity index (χ3n) is 4.36. The maximum atomic E-state index is 12.7. The first-order valence-electron chi connectivity index (χ1n) is 8.56. The van der Waals surface area contributed by atoms with Crippen LogP contribution in [0.1, 0.15) is 30.0 Å². The molecule has 0 heterocycles. The molecule has 1 atom stereocenters. The molecule has 134 valence electrons. The van der Waals surface area contributed by atoms with E-state index in [-0.39, 0.29) is 5.91 Å². The van der Waals surface area contributed by atoms with Gasteiger partial charge in [0.05, 0.1) is 7.11 Å². The Morgan fingerprint density at radius 2 is 1.68 bits per heavy atom. The summed E-state index contributed by atoms with van der Waals surface area (Å²) in [5.41, 5.74) is 3.42. The normalized spacial score (nSPS) is 11.7. The zero-order chi connectivity index (χ0) is 18.4. The van der Waals surface area contributed by atoms with Crippen molar-refractivity contribution in [2.24, 2.45) is 0 Å². The zero-order valence-electron chi connectivity index (χ0n) is 15.7. The van der Waals surface area contributed by atoms with Crippen LogP contribution in [0, 0.1) is 13.8 Å². The van der Waals surface area contributed by atoms with Crippen LogP contribution in [-0.2, 0) is 11.3 Å². The number of ether oxygens (including phenoxy) is 2. The van der Waals surface area contributed by atoms with Crippen molar-refractivity contribution in [3.63, 3.8) is 0 Å². The predicted octanol–water partition coefficient (Wildman–Crippen LogP) is 4.13. The van der Waals surface area contributed by atoms with E-state index in [2.05, 4.69) is 6.92 Å². The largest absolute Gasteiger partial charge is 0.497 e. The highest BCUT2D eigenvalue weighted by molar-refractivity contribution is 5.81. The molecule has 2 rings (SSSR count). The van der Waals surface area contributed by atoms with E-state index in [0.29, 0.717) is 13.0 Å². The van der Waals surface area contributed by atoms with Crippen molar-refractivity contribution in [3.05, 3.63) is 59.2 Å². The molecule has 0 unspecified atom stereocenters. The Labute approximate surface area is 150 Å². The van der Waals surface area contributed by atoms with E-state index in [9.17, 15) is 4.79 Å². The third-order valence-corrected chi connectivity index (χ3v) is 4.36. The monoisotopic (exact) mass is 341 g/mol. The quantitative estimate of drug-likeness (QED) is 0.760. The molecule has 0 aliphatic rings. The molecule has 2 aromatic rings. The van der Waals surface area contributed by atoms with Gasteiger partial charge in [-0.05, 0) is 61.2 Å². The molecular weight excluding hydrogens is 314 g/mol. The average molecular weight is 341 g/mol. The molecule has 25 heavy (non-hydrogen) atoms. The Morgan fingerprint density at radius 3 is 2.24 bits per heavy atom. The number of benzene rings is 2. The summed E-state index contributed by atoms with van der Waals surface area (Å²) in [7, 11) is 3.44. The van der Waals surface area contributed by atoms with Crippen LogP contribution in [-0.4, -0.2) is 31.1 Å². The Kier molecular flexibility index (Phi) is 6.45. The zero-order valence-corrected chi connectivity index (χ0v) is 15.7. The fourth-order valence-corrected chi connectivity index (χ4v) is 2.59. The molecule has 0 aromatic heterocycles. The van der Waals surface area contributed by atoms with Crippen LogP contribution in [0.2, 0.25) is 0 Å². The lowest BCUT2D eigenvalue weighted by atomic mass is 10.1. The van der Waals surface area contributed by atoms with E-state index in [1.807, 2.05) is 56.3 Å². The van der Waals surface area contributed by atoms with Gasteiger partial charge in [0.2, 0.25) is 0 Å². The number of hydrogen-bond acceptors (Lipinski definition) is 3. The molecule has 0 radical (unpaired) electrons. The van der Waals surface area contributed by atoms with Gasteiger partial charge in [0, 0.05) is 13.6 Å². The molecule has 0 saturated carbocycles. The molecule has 4 nitrogen and oxygen atoms in total. The second-order valence-corrected chi connectivity index (χ2v) is 6.30. The topological polar surface area (TPSA) is 38.8 Å². The number of hydrogen-bond donors (Lipinski definition) is 0. The highest BCUT2D eigenvalue weighted by atomic mass is 16.5. The minimum atomic E-state index is -0.481. The minimum Gasteiger partial charge on any atom is -0.497 e. The predicted molar refractivity (Wildman–Crippen MR) is 100 cm³/mol. The number of nitrogens with zero attached hydrogens (tertiary/aromatic N) is 1. The van der Waals surface area contributed by atoms with E-state index < -0.39 is 6.10 Å². The highest BCUT2D eigenvalue weighted by Crippen LogP contribution is 2.20. The van der Waals surface area contributed by atoms with Crippen LogP contribution in [0.3, 0.4) is 0 Å². The molecule has 0 N–H and O–H groups in total. The average Bonchev–Trinajstić information content (AvgIpc) is 2.62. The number of amides is 1. The minimum absolute atomic E-state index is 0.0171. The number of likely N-dealkylation sites (N-methyl/N-ethyl adjacent to an activating group) is 1. The number of methoxy groups -OCH3 is 1. The molecule has 4 heteroatoms. The van der Waals surface area contributed by atoms with Crippen molar-refractivity contribution in [2.45, 2.75) is 39.8 Å². The molecule has 0 spiro atoms. The van der Waals surface area contributed by atoms with Crippen molar-refractivity contribution < 1.29 is 14.3 Å². The van der Waals surface area contributed by atoms with Gasteiger partial charge in [0.15, 0.2) is 6.10 Å². The number of carbonyl (C=O) groups excluding carboxylic acids is 1. The number of carbonyl (C=O) groups is 1. The third kappa shape index (κ3) is 4.99. The van der Waals surface area contributed by atoms with Gasteiger partial charge in [0.25, 0.3) is 5.91 Å². The van der Waals surface area contributed by atoms with E-state index in [4.69, 9.17) is 9.47 Å². The number of rotatable bonds is 7. The fourth-order valence-electron chi connectivity index (χ4n) is 2.59. The second kappa shape index (κ2) is 8.56. The summed E-state index contributed by atoms with van der Waals surface area (Å²) in [4.78, 5) is 14.4. The van der Waals surface area contributed by atoms with Gasteiger partial charge in [-0.15, -0.1) is 0 Å². The van der Waals surface area contributed by atoms with Crippen molar-refractivity contribution in [3.8, 4) is 11.5 Å². The number of aryl methyl sites for hydroxylation is 2. The lowest BCUT2D eigenvalue weighted by Gasteiger charge is -2.24. The summed E-state index contributed by atoms with van der Waals surface area (Å²) in [6.45, 7) is 6.60. The van der Waals surface area contributed by atoms with Crippen molar-refractivity contribution >= 4 is 5.91 Å². The van der Waals surface area contributed by atoms with Gasteiger partial charge >= 0.3 is 0 Å². The van der Waals surface area contributed by atoms with Crippen LogP contribution in [0.15, 0.2) is 42.5 Å². The van der Waals surface area contributed by atoms with Crippen molar-refractivity contribution in [1.29, 1.82) is 0 Å². The van der Waals surface area contributed by atoms with Gasteiger partial charge < -0.3 is 14.4 Å². The Morgan fingerprint density at radius 1 is 1.04 bits per heavy atom. The van der Waals surface area contributed by atoms with Gasteiger partial charge in [-0.25, -0.2) is 0 Å². The Balaban J connectivity index is 2.02. The van der Waals surface area contributed by atoms with E-state index in [0.717, 1.165) is 22.6 Å². The standard InChI is InChI=1S/C21H27NO3/c1-6-20(25-19-10-7-15(2)16(3)13-19)21(23)22(4)14-17-8-11-18(24-5)12-9-17/h7-13,20H,6,14H2,1-5H3/t20-/m0/s1. The first-order chi connectivity index (χ1) is 11.9. The highest BCUT2D eigenvalue weighted by Gasteiger charge is 2.22. The first-order valence-corrected chi connectivity index (χ1v) is 8.56. The SMILES string of the molecule is CC[C@H](Oc1ccc(C)c(C)c1)C(=O)N(C)Cc1ccc(OC)cc1. The summed E-state index contributed by atoms with van der Waals surface area (Å²) in [6.07, 6.45) is 0.143. The van der Waals surface area contributed by atoms with E-state index >= 15 is 0 Å². The van der Waals surface area contributed by atoms with Crippen LogP contribution in [0.25, 0.3) is 0 Å². The van der Waals surface area contributed by atoms with Crippen LogP contribution < -0.4 is 9.47 Å². The second-order valence-electron chi connectivity index (χ2n) is 6.30.